The second kappa shape index (κ2) is 7.04. The fourth-order valence-electron chi connectivity index (χ4n) is 3.36. The van der Waals surface area contributed by atoms with Gasteiger partial charge in [-0.05, 0) is 37.8 Å². The molecule has 1 aliphatic rings. The largest absolute Gasteiger partial charge is 0.357 e. The van der Waals surface area contributed by atoms with E-state index in [9.17, 15) is 14.4 Å². The van der Waals surface area contributed by atoms with Gasteiger partial charge in [0.2, 0.25) is 11.8 Å². The number of rotatable bonds is 3. The van der Waals surface area contributed by atoms with Gasteiger partial charge in [-0.3, -0.25) is 19.0 Å². The van der Waals surface area contributed by atoms with Crippen LogP contribution in [0, 0.1) is 6.92 Å². The normalized spacial score (nSPS) is 17.5. The van der Waals surface area contributed by atoms with Gasteiger partial charge in [-0.15, -0.1) is 0 Å². The Morgan fingerprint density at radius 1 is 1.32 bits per heavy atom. The summed E-state index contributed by atoms with van der Waals surface area (Å²) >= 11 is 0. The smallest absolute Gasteiger partial charge is 0.261 e. The van der Waals surface area contributed by atoms with Crippen LogP contribution in [0.5, 0.6) is 0 Å². The number of likely N-dealkylation sites (tertiary alicyclic amines) is 1. The number of amides is 2. The Morgan fingerprint density at radius 3 is 2.88 bits per heavy atom. The number of likely N-dealkylation sites (N-methyl/N-ethyl adjacent to an activating group) is 1. The van der Waals surface area contributed by atoms with Gasteiger partial charge >= 0.3 is 0 Å². The van der Waals surface area contributed by atoms with E-state index in [-0.39, 0.29) is 23.9 Å². The molecular formula is C18H22N4O3. The van der Waals surface area contributed by atoms with Crippen molar-refractivity contribution in [2.24, 2.45) is 0 Å². The van der Waals surface area contributed by atoms with Crippen molar-refractivity contribution in [2.45, 2.75) is 38.8 Å². The number of aryl methyl sites for hydroxylation is 1. The Labute approximate surface area is 145 Å². The summed E-state index contributed by atoms with van der Waals surface area (Å²) in [5.41, 5.74) is 1.33. The molecule has 7 heteroatoms. The zero-order chi connectivity index (χ0) is 18.0. The lowest BCUT2D eigenvalue weighted by molar-refractivity contribution is -0.142. The number of para-hydroxylation sites is 1. The lowest BCUT2D eigenvalue weighted by Gasteiger charge is -2.34. The van der Waals surface area contributed by atoms with Gasteiger partial charge in [-0.1, -0.05) is 12.1 Å². The van der Waals surface area contributed by atoms with Gasteiger partial charge in [0.1, 0.15) is 12.6 Å². The number of piperidine rings is 1. The van der Waals surface area contributed by atoms with Gasteiger partial charge in [0, 0.05) is 13.6 Å². The van der Waals surface area contributed by atoms with E-state index < -0.39 is 6.04 Å². The summed E-state index contributed by atoms with van der Waals surface area (Å²) in [5.74, 6) is -0.392. The zero-order valence-electron chi connectivity index (χ0n) is 14.5. The first-order valence-electron chi connectivity index (χ1n) is 8.48. The van der Waals surface area contributed by atoms with Crippen LogP contribution in [0.15, 0.2) is 29.3 Å². The van der Waals surface area contributed by atoms with Crippen LogP contribution in [0.3, 0.4) is 0 Å². The number of benzene rings is 1. The number of fused-ring (bicyclic) bond motifs is 1. The summed E-state index contributed by atoms with van der Waals surface area (Å²) in [4.78, 5) is 43.3. The molecule has 0 unspecified atom stereocenters. The van der Waals surface area contributed by atoms with E-state index in [4.69, 9.17) is 0 Å². The highest BCUT2D eigenvalue weighted by atomic mass is 16.2. The quantitative estimate of drug-likeness (QED) is 0.895. The number of carbonyl (C=O) groups is 2. The van der Waals surface area contributed by atoms with E-state index in [0.29, 0.717) is 23.9 Å². The first kappa shape index (κ1) is 17.1. The molecule has 25 heavy (non-hydrogen) atoms. The molecule has 0 radical (unpaired) electrons. The standard InChI is InChI=1S/C18H22N4O3/c1-12-6-5-7-13-16(12)20-11-21(18(13)25)10-15(23)22-9-4-3-8-14(22)17(24)19-2/h5-7,11,14H,3-4,8-10H2,1-2H3,(H,19,24)/t14-/m0/s1. The highest BCUT2D eigenvalue weighted by Gasteiger charge is 2.31. The Hall–Kier alpha value is -2.70. The van der Waals surface area contributed by atoms with Gasteiger partial charge in [-0.25, -0.2) is 4.98 Å². The predicted octanol–water partition coefficient (Wildman–Crippen LogP) is 0.832. The lowest BCUT2D eigenvalue weighted by atomic mass is 10.0. The molecule has 3 rings (SSSR count). The van der Waals surface area contributed by atoms with E-state index in [1.165, 1.54) is 10.9 Å². The summed E-state index contributed by atoms with van der Waals surface area (Å²) in [6, 6.07) is 4.95. The fourth-order valence-corrected chi connectivity index (χ4v) is 3.36. The summed E-state index contributed by atoms with van der Waals surface area (Å²) < 4.78 is 1.32. The maximum absolute atomic E-state index is 12.7. The third kappa shape index (κ3) is 3.26. The molecular weight excluding hydrogens is 320 g/mol. The number of nitrogens with one attached hydrogen (secondary N) is 1. The molecule has 0 spiro atoms. The maximum atomic E-state index is 12.7. The van der Waals surface area contributed by atoms with Crippen LogP contribution in [0.2, 0.25) is 0 Å². The Morgan fingerprint density at radius 2 is 2.12 bits per heavy atom. The molecule has 2 amide bonds. The Kier molecular flexibility index (Phi) is 4.83. The van der Waals surface area contributed by atoms with Crippen LogP contribution < -0.4 is 10.9 Å². The molecule has 0 aliphatic carbocycles. The minimum absolute atomic E-state index is 0.108. The van der Waals surface area contributed by atoms with Gasteiger partial charge in [-0.2, -0.15) is 0 Å². The molecule has 1 aromatic heterocycles. The van der Waals surface area contributed by atoms with Crippen molar-refractivity contribution >= 4 is 22.7 Å². The van der Waals surface area contributed by atoms with Gasteiger partial charge in [0.25, 0.3) is 5.56 Å². The SMILES string of the molecule is CNC(=O)[C@@H]1CCCCN1C(=O)Cn1cnc2c(C)cccc2c1=O. The fraction of sp³-hybridized carbons (Fsp3) is 0.444. The van der Waals surface area contributed by atoms with Gasteiger partial charge in [0.05, 0.1) is 17.2 Å². The van der Waals surface area contributed by atoms with Crippen molar-refractivity contribution in [3.05, 3.63) is 40.4 Å². The Bertz CT molecular complexity index is 874. The number of carbonyl (C=O) groups excluding carboxylic acids is 2. The van der Waals surface area contributed by atoms with Crippen LogP contribution in [0.1, 0.15) is 24.8 Å². The summed E-state index contributed by atoms with van der Waals surface area (Å²) in [5, 5.41) is 3.11. The number of hydrogen-bond acceptors (Lipinski definition) is 4. The van der Waals surface area contributed by atoms with Crippen LogP contribution in [-0.2, 0) is 16.1 Å². The number of hydrogen-bond donors (Lipinski definition) is 1. The molecule has 132 valence electrons. The molecule has 2 heterocycles. The molecule has 1 aromatic carbocycles. The molecule has 1 saturated heterocycles. The van der Waals surface area contributed by atoms with Gasteiger partial charge < -0.3 is 10.2 Å². The molecule has 1 fully saturated rings. The molecule has 2 aromatic rings. The molecule has 1 atom stereocenters. The first-order chi connectivity index (χ1) is 12.0. The highest BCUT2D eigenvalue weighted by molar-refractivity contribution is 5.88. The summed E-state index contributed by atoms with van der Waals surface area (Å²) in [6.07, 6.45) is 3.84. The van der Waals surface area contributed by atoms with E-state index in [1.807, 2.05) is 13.0 Å². The Balaban J connectivity index is 1.87. The topological polar surface area (TPSA) is 84.3 Å². The van der Waals surface area contributed by atoms with Crippen molar-refractivity contribution in [1.29, 1.82) is 0 Å². The van der Waals surface area contributed by atoms with Crippen molar-refractivity contribution in [3.63, 3.8) is 0 Å². The van der Waals surface area contributed by atoms with Crippen molar-refractivity contribution in [1.82, 2.24) is 19.8 Å². The van der Waals surface area contributed by atoms with Gasteiger partial charge in [0.15, 0.2) is 0 Å². The van der Waals surface area contributed by atoms with E-state index in [1.54, 1.807) is 24.1 Å². The van der Waals surface area contributed by atoms with Crippen LogP contribution in [0.4, 0.5) is 0 Å². The molecule has 0 bridgehead atoms. The van der Waals surface area contributed by atoms with Crippen LogP contribution in [0.25, 0.3) is 10.9 Å². The lowest BCUT2D eigenvalue weighted by Crippen LogP contribution is -2.52. The average molecular weight is 342 g/mol. The maximum Gasteiger partial charge on any atom is 0.261 e. The monoisotopic (exact) mass is 342 g/mol. The summed E-state index contributed by atoms with van der Waals surface area (Å²) in [7, 11) is 1.57. The van der Waals surface area contributed by atoms with Crippen molar-refractivity contribution in [2.75, 3.05) is 13.6 Å². The second-order valence-corrected chi connectivity index (χ2v) is 6.36. The number of nitrogens with zero attached hydrogens (tertiary/aromatic N) is 3. The van der Waals surface area contributed by atoms with E-state index in [0.717, 1.165) is 18.4 Å². The molecule has 7 nitrogen and oxygen atoms in total. The molecule has 0 saturated carbocycles. The first-order valence-corrected chi connectivity index (χ1v) is 8.48. The second-order valence-electron chi connectivity index (χ2n) is 6.36. The van der Waals surface area contributed by atoms with Crippen LogP contribution in [-0.4, -0.2) is 45.9 Å². The summed E-state index contributed by atoms with van der Waals surface area (Å²) in [6.45, 7) is 2.32. The predicted molar refractivity (Wildman–Crippen MR) is 94.2 cm³/mol. The van der Waals surface area contributed by atoms with Crippen molar-refractivity contribution < 1.29 is 9.59 Å². The minimum Gasteiger partial charge on any atom is -0.357 e. The van der Waals surface area contributed by atoms with E-state index >= 15 is 0 Å². The van der Waals surface area contributed by atoms with Crippen LogP contribution >= 0.6 is 0 Å². The molecule has 1 N–H and O–H groups in total. The third-order valence-corrected chi connectivity index (χ3v) is 4.73. The highest BCUT2D eigenvalue weighted by Crippen LogP contribution is 2.18. The van der Waals surface area contributed by atoms with E-state index in [2.05, 4.69) is 10.3 Å². The third-order valence-electron chi connectivity index (χ3n) is 4.73. The average Bonchev–Trinajstić information content (AvgIpc) is 2.64. The minimum atomic E-state index is -0.461. The van der Waals surface area contributed by atoms with Crippen molar-refractivity contribution in [3.8, 4) is 0 Å². The number of aromatic nitrogens is 2. The molecule has 1 aliphatic heterocycles. The zero-order valence-corrected chi connectivity index (χ0v) is 14.5.